The topological polar surface area (TPSA) is 32.3 Å². The molecule has 1 aliphatic heterocycles. The molecule has 0 aromatic heterocycles. The molecule has 2 aromatic rings. The zero-order valence-electron chi connectivity index (χ0n) is 14.9. The van der Waals surface area contributed by atoms with Crippen LogP contribution in [0.1, 0.15) is 34.7 Å². The minimum atomic E-state index is -0.320. The number of rotatable bonds is 6. The van der Waals surface area contributed by atoms with Crippen LogP contribution in [0.2, 0.25) is 0 Å². The number of carbonyl (C=O) groups is 1. The Morgan fingerprint density at radius 2 is 1.85 bits per heavy atom. The zero-order chi connectivity index (χ0) is 17.9. The Morgan fingerprint density at radius 1 is 1.08 bits per heavy atom. The first-order valence-electron chi connectivity index (χ1n) is 9.52. The number of hydrogen-bond donors (Lipinski definition) is 1. The Balaban J connectivity index is 1.19. The number of nitrogens with zero attached hydrogens (tertiary/aromatic N) is 1. The normalized spacial score (nSPS) is 24.7. The molecule has 3 unspecified atom stereocenters. The molecule has 1 saturated heterocycles. The summed E-state index contributed by atoms with van der Waals surface area (Å²) in [6.45, 7) is 4.05. The number of nitrogens with one attached hydrogen (secondary N) is 1. The Hall–Kier alpha value is -2.20. The van der Waals surface area contributed by atoms with Gasteiger partial charge in [0.1, 0.15) is 5.82 Å². The highest BCUT2D eigenvalue weighted by Gasteiger charge is 2.46. The fraction of sp³-hybridized carbons (Fsp3) is 0.409. The van der Waals surface area contributed by atoms with E-state index < -0.39 is 0 Å². The van der Waals surface area contributed by atoms with Gasteiger partial charge in [-0.3, -0.25) is 4.79 Å². The van der Waals surface area contributed by atoms with Crippen LogP contribution in [0.15, 0.2) is 54.6 Å². The molecule has 0 bridgehead atoms. The van der Waals surface area contributed by atoms with Gasteiger partial charge >= 0.3 is 0 Å². The van der Waals surface area contributed by atoms with Gasteiger partial charge in [0.25, 0.3) is 5.91 Å². The predicted molar refractivity (Wildman–Crippen MR) is 101 cm³/mol. The molecule has 1 saturated carbocycles. The van der Waals surface area contributed by atoms with Crippen LogP contribution in [0.5, 0.6) is 0 Å². The van der Waals surface area contributed by atoms with Gasteiger partial charge in [0.15, 0.2) is 0 Å². The summed E-state index contributed by atoms with van der Waals surface area (Å²) >= 11 is 0. The first-order chi connectivity index (χ1) is 12.7. The van der Waals surface area contributed by atoms with E-state index in [9.17, 15) is 9.18 Å². The summed E-state index contributed by atoms with van der Waals surface area (Å²) in [5.74, 6) is 1.92. The summed E-state index contributed by atoms with van der Waals surface area (Å²) in [6, 6.07) is 16.6. The van der Waals surface area contributed by atoms with Gasteiger partial charge in [0, 0.05) is 25.2 Å². The zero-order valence-corrected chi connectivity index (χ0v) is 14.9. The minimum Gasteiger partial charge on any atom is -0.352 e. The molecular formula is C22H25FN2O. The molecule has 26 heavy (non-hydrogen) atoms. The quantitative estimate of drug-likeness (QED) is 0.805. The number of benzene rings is 2. The van der Waals surface area contributed by atoms with E-state index in [0.717, 1.165) is 30.7 Å². The van der Waals surface area contributed by atoms with Gasteiger partial charge in [-0.25, -0.2) is 4.39 Å². The second-order valence-corrected chi connectivity index (χ2v) is 7.55. The predicted octanol–water partition coefficient (Wildman–Crippen LogP) is 3.68. The highest BCUT2D eigenvalue weighted by Crippen LogP contribution is 2.51. The van der Waals surface area contributed by atoms with Crippen LogP contribution in [0, 0.1) is 17.7 Å². The molecule has 136 valence electrons. The summed E-state index contributed by atoms with van der Waals surface area (Å²) in [7, 11) is 0. The maximum absolute atomic E-state index is 12.9. The fourth-order valence-corrected chi connectivity index (χ4v) is 4.47. The molecule has 1 amide bonds. The van der Waals surface area contributed by atoms with Crippen molar-refractivity contribution in [2.75, 3.05) is 26.2 Å². The molecule has 4 heteroatoms. The summed E-state index contributed by atoms with van der Waals surface area (Å²) < 4.78 is 12.9. The number of fused-ring (bicyclic) bond motifs is 1. The number of amides is 1. The summed E-state index contributed by atoms with van der Waals surface area (Å²) in [5, 5.41) is 2.93. The van der Waals surface area contributed by atoms with Crippen LogP contribution in [-0.4, -0.2) is 37.0 Å². The Bertz CT molecular complexity index is 746. The molecule has 4 rings (SSSR count). The highest BCUT2D eigenvalue weighted by atomic mass is 19.1. The second kappa shape index (κ2) is 7.58. The summed E-state index contributed by atoms with van der Waals surface area (Å²) in [5.41, 5.74) is 2.00. The fourth-order valence-electron chi connectivity index (χ4n) is 4.47. The molecule has 2 fully saturated rings. The largest absolute Gasteiger partial charge is 0.352 e. The molecule has 0 radical (unpaired) electrons. The van der Waals surface area contributed by atoms with E-state index in [0.29, 0.717) is 12.1 Å². The number of likely N-dealkylation sites (tertiary alicyclic amines) is 1. The molecular weight excluding hydrogens is 327 g/mol. The number of hydrogen-bond acceptors (Lipinski definition) is 2. The van der Waals surface area contributed by atoms with Crippen LogP contribution in [0.4, 0.5) is 4.39 Å². The third kappa shape index (κ3) is 3.65. The van der Waals surface area contributed by atoms with E-state index in [-0.39, 0.29) is 11.7 Å². The van der Waals surface area contributed by atoms with Crippen molar-refractivity contribution in [2.45, 2.75) is 18.8 Å². The van der Waals surface area contributed by atoms with E-state index in [2.05, 4.69) is 40.5 Å². The lowest BCUT2D eigenvalue weighted by atomic mass is 9.64. The van der Waals surface area contributed by atoms with Crippen LogP contribution in [0.3, 0.4) is 0 Å². The van der Waals surface area contributed by atoms with Gasteiger partial charge < -0.3 is 10.2 Å². The molecule has 1 N–H and O–H groups in total. The van der Waals surface area contributed by atoms with Crippen LogP contribution >= 0.6 is 0 Å². The van der Waals surface area contributed by atoms with Gasteiger partial charge in [-0.15, -0.1) is 0 Å². The van der Waals surface area contributed by atoms with Crippen LogP contribution in [0.25, 0.3) is 0 Å². The van der Waals surface area contributed by atoms with Crippen molar-refractivity contribution in [3.8, 4) is 0 Å². The van der Waals surface area contributed by atoms with E-state index in [1.807, 2.05) is 0 Å². The lowest BCUT2D eigenvalue weighted by Gasteiger charge is -2.40. The van der Waals surface area contributed by atoms with Crippen LogP contribution in [-0.2, 0) is 0 Å². The first kappa shape index (κ1) is 17.2. The molecule has 1 heterocycles. The van der Waals surface area contributed by atoms with Gasteiger partial charge in [-0.05, 0) is 67.0 Å². The standard InChI is InChI=1S/C22H25FN2O/c23-19-9-7-17(8-10-19)22(26)24-11-4-12-25-14-18-13-20(21(18)15-25)16-5-2-1-3-6-16/h1-3,5-10,18,20-21H,4,11-15H2,(H,24,26). The summed E-state index contributed by atoms with van der Waals surface area (Å²) in [6.07, 6.45) is 2.26. The van der Waals surface area contributed by atoms with Gasteiger partial charge in [0.2, 0.25) is 0 Å². The third-order valence-corrected chi connectivity index (χ3v) is 5.91. The van der Waals surface area contributed by atoms with Gasteiger partial charge in [-0.2, -0.15) is 0 Å². The first-order valence-corrected chi connectivity index (χ1v) is 9.52. The van der Waals surface area contributed by atoms with Crippen LogP contribution < -0.4 is 5.32 Å². The maximum Gasteiger partial charge on any atom is 0.251 e. The Kier molecular flexibility index (Phi) is 5.02. The average molecular weight is 352 g/mol. The SMILES string of the molecule is O=C(NCCCN1CC2CC(c3ccccc3)C2C1)c1ccc(F)cc1. The average Bonchev–Trinajstić information content (AvgIpc) is 2.96. The van der Waals surface area contributed by atoms with E-state index >= 15 is 0 Å². The van der Waals surface area contributed by atoms with Crippen molar-refractivity contribution in [3.63, 3.8) is 0 Å². The lowest BCUT2D eigenvalue weighted by Crippen LogP contribution is -2.33. The van der Waals surface area contributed by atoms with Gasteiger partial charge in [-0.1, -0.05) is 30.3 Å². The van der Waals surface area contributed by atoms with E-state index in [4.69, 9.17) is 0 Å². The second-order valence-electron chi connectivity index (χ2n) is 7.55. The van der Waals surface area contributed by atoms with Crippen molar-refractivity contribution in [1.29, 1.82) is 0 Å². The smallest absolute Gasteiger partial charge is 0.251 e. The molecule has 3 atom stereocenters. The molecule has 3 nitrogen and oxygen atoms in total. The van der Waals surface area contributed by atoms with Gasteiger partial charge in [0.05, 0.1) is 0 Å². The molecule has 1 aliphatic carbocycles. The number of carbonyl (C=O) groups excluding carboxylic acids is 1. The van der Waals surface area contributed by atoms with Crippen molar-refractivity contribution in [2.24, 2.45) is 11.8 Å². The van der Waals surface area contributed by atoms with E-state index in [1.165, 1.54) is 49.3 Å². The lowest BCUT2D eigenvalue weighted by molar-refractivity contribution is 0.0952. The highest BCUT2D eigenvalue weighted by molar-refractivity contribution is 5.94. The van der Waals surface area contributed by atoms with Crippen molar-refractivity contribution in [1.82, 2.24) is 10.2 Å². The Morgan fingerprint density at radius 3 is 2.62 bits per heavy atom. The monoisotopic (exact) mass is 352 g/mol. The van der Waals surface area contributed by atoms with Crippen molar-refractivity contribution < 1.29 is 9.18 Å². The molecule has 0 spiro atoms. The minimum absolute atomic E-state index is 0.129. The third-order valence-electron chi connectivity index (χ3n) is 5.91. The number of halogens is 1. The maximum atomic E-state index is 12.9. The Labute approximate surface area is 154 Å². The molecule has 2 aliphatic rings. The van der Waals surface area contributed by atoms with Crippen molar-refractivity contribution in [3.05, 3.63) is 71.5 Å². The summed E-state index contributed by atoms with van der Waals surface area (Å²) in [4.78, 5) is 14.6. The molecule has 2 aromatic carbocycles. The van der Waals surface area contributed by atoms with Crippen molar-refractivity contribution >= 4 is 5.91 Å². The van der Waals surface area contributed by atoms with E-state index in [1.54, 1.807) is 0 Å².